The lowest BCUT2D eigenvalue weighted by Crippen LogP contribution is -1.97. The third-order valence-corrected chi connectivity index (χ3v) is 4.57. The lowest BCUT2D eigenvalue weighted by atomic mass is 9.90. The van der Waals surface area contributed by atoms with Gasteiger partial charge in [-0.2, -0.15) is 0 Å². The molecule has 1 unspecified atom stereocenters. The molecule has 0 radical (unpaired) electrons. The first-order chi connectivity index (χ1) is 11.6. The van der Waals surface area contributed by atoms with Crippen molar-refractivity contribution >= 4 is 0 Å². The van der Waals surface area contributed by atoms with E-state index in [0.717, 1.165) is 11.1 Å². The first-order valence-electron chi connectivity index (χ1n) is 8.37. The monoisotopic (exact) mass is 310 g/mol. The number of aryl methyl sites for hydroxylation is 2. The highest BCUT2D eigenvalue weighted by atomic mass is 14.1. The molecule has 0 aliphatic heterocycles. The molecule has 0 saturated heterocycles. The third kappa shape index (κ3) is 3.76. The molecule has 0 nitrogen and oxygen atoms in total. The van der Waals surface area contributed by atoms with Crippen molar-refractivity contribution in [3.8, 4) is 11.8 Å². The average Bonchev–Trinajstić information content (AvgIpc) is 2.63. The standard InChI is InChI=1S/C24H22/c1-18-9-14-24(17-19(18)2)20(3)23-15-12-22(13-16-23)11-10-21-7-5-4-6-8-21/h4-9,12-17,20H,1-3H3. The molecule has 0 heteroatoms. The van der Waals surface area contributed by atoms with Gasteiger partial charge in [0, 0.05) is 17.0 Å². The van der Waals surface area contributed by atoms with Crippen LogP contribution in [0.4, 0.5) is 0 Å². The topological polar surface area (TPSA) is 0 Å². The normalized spacial score (nSPS) is 11.5. The molecule has 0 fully saturated rings. The fourth-order valence-corrected chi connectivity index (χ4v) is 2.75. The van der Waals surface area contributed by atoms with E-state index in [0.29, 0.717) is 5.92 Å². The summed E-state index contributed by atoms with van der Waals surface area (Å²) in [5.74, 6) is 6.83. The van der Waals surface area contributed by atoms with Gasteiger partial charge in [-0.25, -0.2) is 0 Å². The SMILES string of the molecule is Cc1ccc(C(C)c2ccc(C#Cc3ccccc3)cc2)cc1C. The lowest BCUT2D eigenvalue weighted by Gasteiger charge is -2.14. The van der Waals surface area contributed by atoms with Crippen molar-refractivity contribution in [1.82, 2.24) is 0 Å². The van der Waals surface area contributed by atoms with Gasteiger partial charge in [-0.1, -0.05) is 67.3 Å². The number of hydrogen-bond donors (Lipinski definition) is 0. The third-order valence-electron chi connectivity index (χ3n) is 4.57. The van der Waals surface area contributed by atoms with Crippen molar-refractivity contribution in [3.63, 3.8) is 0 Å². The maximum absolute atomic E-state index is 3.23. The zero-order valence-corrected chi connectivity index (χ0v) is 14.5. The molecule has 0 aromatic heterocycles. The van der Waals surface area contributed by atoms with Crippen molar-refractivity contribution in [2.24, 2.45) is 0 Å². The van der Waals surface area contributed by atoms with Crippen LogP contribution in [0, 0.1) is 25.7 Å². The van der Waals surface area contributed by atoms with Crippen molar-refractivity contribution in [2.45, 2.75) is 26.7 Å². The molecule has 0 saturated carbocycles. The van der Waals surface area contributed by atoms with Crippen molar-refractivity contribution in [1.29, 1.82) is 0 Å². The largest absolute Gasteiger partial charge is 0.0622 e. The summed E-state index contributed by atoms with van der Waals surface area (Å²) in [6, 6.07) is 25.4. The number of benzene rings is 3. The van der Waals surface area contributed by atoms with Crippen LogP contribution in [0.5, 0.6) is 0 Å². The van der Waals surface area contributed by atoms with Gasteiger partial charge in [0.15, 0.2) is 0 Å². The molecule has 0 aliphatic carbocycles. The van der Waals surface area contributed by atoms with Crippen LogP contribution < -0.4 is 0 Å². The van der Waals surface area contributed by atoms with Crippen molar-refractivity contribution in [3.05, 3.63) is 106 Å². The molecule has 24 heavy (non-hydrogen) atoms. The van der Waals surface area contributed by atoms with Gasteiger partial charge in [-0.05, 0) is 60.4 Å². The molecule has 0 bridgehead atoms. The summed E-state index contributed by atoms with van der Waals surface area (Å²) in [4.78, 5) is 0. The van der Waals surface area contributed by atoms with E-state index >= 15 is 0 Å². The Morgan fingerprint density at radius 2 is 1.21 bits per heavy atom. The zero-order valence-electron chi connectivity index (χ0n) is 14.5. The Morgan fingerprint density at radius 1 is 0.625 bits per heavy atom. The van der Waals surface area contributed by atoms with Crippen LogP contribution in [-0.2, 0) is 0 Å². The quantitative estimate of drug-likeness (QED) is 0.520. The second-order valence-corrected chi connectivity index (χ2v) is 6.30. The van der Waals surface area contributed by atoms with Crippen molar-refractivity contribution in [2.75, 3.05) is 0 Å². The second-order valence-electron chi connectivity index (χ2n) is 6.30. The molecule has 0 aliphatic rings. The van der Waals surface area contributed by atoms with Crippen LogP contribution in [0.3, 0.4) is 0 Å². The summed E-state index contributed by atoms with van der Waals surface area (Å²) >= 11 is 0. The number of rotatable bonds is 2. The summed E-state index contributed by atoms with van der Waals surface area (Å²) in [7, 11) is 0. The van der Waals surface area contributed by atoms with Crippen LogP contribution in [0.25, 0.3) is 0 Å². The zero-order chi connectivity index (χ0) is 16.9. The first-order valence-corrected chi connectivity index (χ1v) is 8.37. The average molecular weight is 310 g/mol. The Balaban J connectivity index is 1.79. The van der Waals surface area contributed by atoms with Gasteiger partial charge in [0.25, 0.3) is 0 Å². The Kier molecular flexibility index (Phi) is 4.82. The highest BCUT2D eigenvalue weighted by Crippen LogP contribution is 2.25. The molecule has 3 rings (SSSR count). The summed E-state index contributed by atoms with van der Waals surface area (Å²) in [5.41, 5.74) is 7.48. The Labute approximate surface area is 145 Å². The molecule has 3 aromatic carbocycles. The Morgan fingerprint density at radius 3 is 1.83 bits per heavy atom. The highest BCUT2D eigenvalue weighted by molar-refractivity contribution is 5.45. The smallest absolute Gasteiger partial charge is 0.0249 e. The Hall–Kier alpha value is -2.78. The molecule has 3 aromatic rings. The molecule has 0 amide bonds. The van der Waals surface area contributed by atoms with E-state index in [-0.39, 0.29) is 0 Å². The summed E-state index contributed by atoms with van der Waals surface area (Å²) in [5, 5.41) is 0. The van der Waals surface area contributed by atoms with E-state index in [4.69, 9.17) is 0 Å². The van der Waals surface area contributed by atoms with Crippen LogP contribution >= 0.6 is 0 Å². The minimum Gasteiger partial charge on any atom is -0.0622 e. The van der Waals surface area contributed by atoms with Gasteiger partial charge in [-0.15, -0.1) is 0 Å². The fourth-order valence-electron chi connectivity index (χ4n) is 2.75. The second kappa shape index (κ2) is 7.20. The van der Waals surface area contributed by atoms with E-state index in [9.17, 15) is 0 Å². The van der Waals surface area contributed by atoms with Crippen LogP contribution in [0.2, 0.25) is 0 Å². The first kappa shape index (κ1) is 16.1. The predicted molar refractivity (Wildman–Crippen MR) is 102 cm³/mol. The van der Waals surface area contributed by atoms with Crippen LogP contribution in [0.1, 0.15) is 46.2 Å². The van der Waals surface area contributed by atoms with E-state index in [2.05, 4.69) is 75.1 Å². The van der Waals surface area contributed by atoms with Gasteiger partial charge in [0.1, 0.15) is 0 Å². The molecule has 0 spiro atoms. The van der Waals surface area contributed by atoms with E-state index in [1.165, 1.54) is 22.3 Å². The van der Waals surface area contributed by atoms with Gasteiger partial charge in [0.2, 0.25) is 0 Å². The molecular formula is C24H22. The van der Waals surface area contributed by atoms with E-state index in [1.54, 1.807) is 0 Å². The highest BCUT2D eigenvalue weighted by Gasteiger charge is 2.09. The predicted octanol–water partition coefficient (Wildman–Crippen LogP) is 5.86. The molecule has 0 N–H and O–H groups in total. The van der Waals surface area contributed by atoms with Gasteiger partial charge in [0.05, 0.1) is 0 Å². The van der Waals surface area contributed by atoms with Crippen molar-refractivity contribution < 1.29 is 0 Å². The number of hydrogen-bond acceptors (Lipinski definition) is 0. The van der Waals surface area contributed by atoms with E-state index < -0.39 is 0 Å². The summed E-state index contributed by atoms with van der Waals surface area (Å²) in [6.45, 7) is 6.59. The molecule has 118 valence electrons. The van der Waals surface area contributed by atoms with Gasteiger partial charge >= 0.3 is 0 Å². The molecule has 0 heterocycles. The summed E-state index contributed by atoms with van der Waals surface area (Å²) < 4.78 is 0. The van der Waals surface area contributed by atoms with E-state index in [1.807, 2.05) is 30.3 Å². The molecular weight excluding hydrogens is 288 g/mol. The lowest BCUT2D eigenvalue weighted by molar-refractivity contribution is 0.918. The Bertz CT molecular complexity index is 875. The minimum atomic E-state index is 0.389. The maximum Gasteiger partial charge on any atom is 0.0249 e. The van der Waals surface area contributed by atoms with Crippen LogP contribution in [-0.4, -0.2) is 0 Å². The summed E-state index contributed by atoms with van der Waals surface area (Å²) in [6.07, 6.45) is 0. The van der Waals surface area contributed by atoms with Gasteiger partial charge in [-0.3, -0.25) is 0 Å². The molecule has 1 atom stereocenters. The fraction of sp³-hybridized carbons (Fsp3) is 0.167. The van der Waals surface area contributed by atoms with Gasteiger partial charge < -0.3 is 0 Å². The minimum absolute atomic E-state index is 0.389. The van der Waals surface area contributed by atoms with Crippen LogP contribution in [0.15, 0.2) is 72.8 Å². The maximum atomic E-state index is 3.23.